The van der Waals surface area contributed by atoms with E-state index in [9.17, 15) is 5.11 Å². The van der Waals surface area contributed by atoms with Crippen molar-refractivity contribution in [3.8, 4) is 0 Å². The molecular weight excluding hydrogens is 196 g/mol. The number of allylic oxidation sites excluding steroid dienone is 3. The molecule has 0 aromatic heterocycles. The molecule has 16 heavy (non-hydrogen) atoms. The molecule has 3 atom stereocenters. The van der Waals surface area contributed by atoms with Gasteiger partial charge in [-0.3, -0.25) is 0 Å². The molecule has 1 aliphatic carbocycles. The van der Waals surface area contributed by atoms with E-state index in [1.165, 1.54) is 29.6 Å². The van der Waals surface area contributed by atoms with E-state index in [1.807, 2.05) is 0 Å². The fourth-order valence-electron chi connectivity index (χ4n) is 2.55. The highest BCUT2D eigenvalue weighted by Crippen LogP contribution is 2.39. The Hall–Kier alpha value is -0.820. The lowest BCUT2D eigenvalue weighted by Gasteiger charge is -2.21. The maximum atomic E-state index is 9.73. The first-order valence-corrected chi connectivity index (χ1v) is 6.11. The number of hydrogen-bond acceptors (Lipinski definition) is 1. The molecule has 0 heterocycles. The Kier molecular flexibility index (Phi) is 4.55. The molecule has 0 saturated heterocycles. The largest absolute Gasteiger partial charge is 0.389 e. The minimum atomic E-state index is -0.397. The molecule has 0 radical (unpaired) electrons. The average molecular weight is 220 g/mol. The first-order valence-electron chi connectivity index (χ1n) is 6.11. The molecule has 1 nitrogen and oxygen atoms in total. The normalized spacial score (nSPS) is 24.4. The first-order chi connectivity index (χ1) is 7.47. The zero-order valence-electron chi connectivity index (χ0n) is 10.8. The third-order valence-corrected chi connectivity index (χ3v) is 3.74. The Bertz CT molecular complexity index is 311. The molecule has 1 rings (SSSR count). The first kappa shape index (κ1) is 13.2. The van der Waals surface area contributed by atoms with Gasteiger partial charge in [-0.25, -0.2) is 0 Å². The Balaban J connectivity index is 2.74. The summed E-state index contributed by atoms with van der Waals surface area (Å²) < 4.78 is 0. The van der Waals surface area contributed by atoms with Crippen LogP contribution in [0.5, 0.6) is 0 Å². The quantitative estimate of drug-likeness (QED) is 0.697. The van der Waals surface area contributed by atoms with Gasteiger partial charge in [0.1, 0.15) is 0 Å². The average Bonchev–Trinajstić information content (AvgIpc) is 2.59. The van der Waals surface area contributed by atoms with Crippen molar-refractivity contribution in [2.45, 2.75) is 46.1 Å². The maximum absolute atomic E-state index is 9.73. The van der Waals surface area contributed by atoms with Crippen LogP contribution >= 0.6 is 0 Å². The summed E-state index contributed by atoms with van der Waals surface area (Å²) in [5, 5.41) is 9.73. The summed E-state index contributed by atoms with van der Waals surface area (Å²) >= 11 is 0. The van der Waals surface area contributed by atoms with Crippen LogP contribution in [-0.2, 0) is 0 Å². The summed E-state index contributed by atoms with van der Waals surface area (Å²) in [6.07, 6.45) is 4.59. The molecule has 0 saturated carbocycles. The van der Waals surface area contributed by atoms with Gasteiger partial charge in [0, 0.05) is 5.92 Å². The summed E-state index contributed by atoms with van der Waals surface area (Å²) in [6.45, 7) is 14.1. The molecule has 90 valence electrons. The highest BCUT2D eigenvalue weighted by Gasteiger charge is 2.26. The molecule has 1 heteroatoms. The highest BCUT2D eigenvalue weighted by molar-refractivity contribution is 5.28. The predicted octanol–water partition coefficient (Wildman–Crippen LogP) is 3.86. The summed E-state index contributed by atoms with van der Waals surface area (Å²) in [5.74, 6) is 0.793. The van der Waals surface area contributed by atoms with Crippen molar-refractivity contribution in [1.82, 2.24) is 0 Å². The van der Waals surface area contributed by atoms with Crippen LogP contribution in [-0.4, -0.2) is 11.2 Å². The van der Waals surface area contributed by atoms with Crippen LogP contribution < -0.4 is 0 Å². The van der Waals surface area contributed by atoms with E-state index in [0.29, 0.717) is 5.92 Å². The molecule has 1 aliphatic rings. The minimum Gasteiger partial charge on any atom is -0.389 e. The van der Waals surface area contributed by atoms with E-state index in [4.69, 9.17) is 0 Å². The second-order valence-electron chi connectivity index (χ2n) is 5.15. The molecule has 0 fully saturated rings. The van der Waals surface area contributed by atoms with Gasteiger partial charge in [0.15, 0.2) is 0 Å². The van der Waals surface area contributed by atoms with Gasteiger partial charge in [-0.2, -0.15) is 0 Å². The highest BCUT2D eigenvalue weighted by atomic mass is 16.3. The lowest BCUT2D eigenvalue weighted by Crippen LogP contribution is -2.17. The predicted molar refractivity (Wildman–Crippen MR) is 70.2 cm³/mol. The molecule has 0 amide bonds. The zero-order valence-corrected chi connectivity index (χ0v) is 10.8. The van der Waals surface area contributed by atoms with Crippen LogP contribution in [0.1, 0.15) is 40.0 Å². The topological polar surface area (TPSA) is 20.2 Å². The second kappa shape index (κ2) is 5.49. The van der Waals surface area contributed by atoms with Crippen molar-refractivity contribution in [3.63, 3.8) is 0 Å². The molecule has 0 aromatic rings. The van der Waals surface area contributed by atoms with Crippen molar-refractivity contribution in [3.05, 3.63) is 36.0 Å². The molecule has 3 unspecified atom stereocenters. The van der Waals surface area contributed by atoms with E-state index < -0.39 is 6.10 Å². The third-order valence-electron chi connectivity index (χ3n) is 3.74. The van der Waals surface area contributed by atoms with Crippen molar-refractivity contribution in [2.24, 2.45) is 11.8 Å². The summed E-state index contributed by atoms with van der Waals surface area (Å²) in [6, 6.07) is 0. The van der Waals surface area contributed by atoms with Crippen molar-refractivity contribution in [2.75, 3.05) is 0 Å². The smallest absolute Gasteiger partial charge is 0.0746 e. The van der Waals surface area contributed by atoms with Gasteiger partial charge in [-0.1, -0.05) is 36.3 Å². The van der Waals surface area contributed by atoms with Crippen molar-refractivity contribution >= 4 is 0 Å². The maximum Gasteiger partial charge on any atom is 0.0746 e. The van der Waals surface area contributed by atoms with Crippen LogP contribution in [0, 0.1) is 11.8 Å². The van der Waals surface area contributed by atoms with Crippen molar-refractivity contribution < 1.29 is 5.11 Å². The standard InChI is InChI=1S/C15H24O/c1-6-15(16)12(5)9-14-11(4)7-8-13(14)10(2)3/h6,12-13,15-16H,1-2,7-9H2,3-5H3. The Morgan fingerprint density at radius 3 is 2.75 bits per heavy atom. The third kappa shape index (κ3) is 2.85. The van der Waals surface area contributed by atoms with Crippen LogP contribution in [0.2, 0.25) is 0 Å². The Morgan fingerprint density at radius 1 is 1.62 bits per heavy atom. The van der Waals surface area contributed by atoms with Gasteiger partial charge in [0.05, 0.1) is 6.10 Å². The Morgan fingerprint density at radius 2 is 2.25 bits per heavy atom. The van der Waals surface area contributed by atoms with Gasteiger partial charge in [-0.05, 0) is 39.0 Å². The van der Waals surface area contributed by atoms with E-state index in [2.05, 4.69) is 33.9 Å². The summed E-state index contributed by atoms with van der Waals surface area (Å²) in [5.41, 5.74) is 4.25. The van der Waals surface area contributed by atoms with Crippen molar-refractivity contribution in [1.29, 1.82) is 0 Å². The van der Waals surface area contributed by atoms with Gasteiger partial charge in [0.2, 0.25) is 0 Å². The Labute approximate surface area is 99.6 Å². The van der Waals surface area contributed by atoms with E-state index in [1.54, 1.807) is 6.08 Å². The van der Waals surface area contributed by atoms with Gasteiger partial charge in [-0.15, -0.1) is 6.58 Å². The lowest BCUT2D eigenvalue weighted by atomic mass is 9.86. The van der Waals surface area contributed by atoms with Crippen LogP contribution in [0.3, 0.4) is 0 Å². The van der Waals surface area contributed by atoms with E-state index >= 15 is 0 Å². The van der Waals surface area contributed by atoms with Crippen LogP contribution in [0.25, 0.3) is 0 Å². The summed E-state index contributed by atoms with van der Waals surface area (Å²) in [7, 11) is 0. The summed E-state index contributed by atoms with van der Waals surface area (Å²) in [4.78, 5) is 0. The molecule has 0 spiro atoms. The molecule has 1 N–H and O–H groups in total. The molecule has 0 aromatic carbocycles. The molecular formula is C15H24O. The van der Waals surface area contributed by atoms with Gasteiger partial charge >= 0.3 is 0 Å². The number of aliphatic hydroxyl groups is 1. The monoisotopic (exact) mass is 220 g/mol. The minimum absolute atomic E-state index is 0.252. The lowest BCUT2D eigenvalue weighted by molar-refractivity contribution is 0.161. The van der Waals surface area contributed by atoms with Gasteiger partial charge in [0.25, 0.3) is 0 Å². The number of hydrogen-bond donors (Lipinski definition) is 1. The SMILES string of the molecule is C=CC(O)C(C)CC1=C(C)CCC1C(=C)C. The second-order valence-corrected chi connectivity index (χ2v) is 5.15. The molecule has 0 bridgehead atoms. The van der Waals surface area contributed by atoms with E-state index in [0.717, 1.165) is 6.42 Å². The number of rotatable bonds is 5. The van der Waals surface area contributed by atoms with Gasteiger partial charge < -0.3 is 5.11 Å². The van der Waals surface area contributed by atoms with Crippen LogP contribution in [0.15, 0.2) is 36.0 Å². The fourth-order valence-corrected chi connectivity index (χ4v) is 2.55. The fraction of sp³-hybridized carbons (Fsp3) is 0.600. The molecule has 0 aliphatic heterocycles. The van der Waals surface area contributed by atoms with E-state index in [-0.39, 0.29) is 5.92 Å². The van der Waals surface area contributed by atoms with Crippen LogP contribution in [0.4, 0.5) is 0 Å². The number of aliphatic hydroxyl groups excluding tert-OH is 1. The zero-order chi connectivity index (χ0) is 12.3.